The highest BCUT2D eigenvalue weighted by atomic mass is 15.3. The first-order valence-corrected chi connectivity index (χ1v) is 2.03. The maximum Gasteiger partial charge on any atom is 0.0189 e. The Bertz CT molecular complexity index is 50.6. The highest BCUT2D eigenvalue weighted by Crippen LogP contribution is 1.78. The summed E-state index contributed by atoms with van der Waals surface area (Å²) >= 11 is 0. The maximum absolute atomic E-state index is 2.99. The van der Waals surface area contributed by atoms with Gasteiger partial charge >= 0.3 is 0 Å². The van der Waals surface area contributed by atoms with Gasteiger partial charge in [-0.05, 0) is 12.5 Å². The van der Waals surface area contributed by atoms with Gasteiger partial charge in [0, 0.05) is 12.7 Å². The van der Waals surface area contributed by atoms with Crippen molar-refractivity contribution in [3.63, 3.8) is 0 Å². The van der Waals surface area contributed by atoms with Gasteiger partial charge in [0.1, 0.15) is 0 Å². The second-order valence-electron chi connectivity index (χ2n) is 1.17. The first kappa shape index (κ1) is 3.68. The van der Waals surface area contributed by atoms with E-state index in [1.54, 1.807) is 6.20 Å². The van der Waals surface area contributed by atoms with E-state index in [0.717, 1.165) is 13.0 Å². The van der Waals surface area contributed by atoms with Gasteiger partial charge in [0.15, 0.2) is 0 Å². The summed E-state index contributed by atoms with van der Waals surface area (Å²) in [7, 11) is 0. The molecule has 0 saturated heterocycles. The van der Waals surface area contributed by atoms with Crippen molar-refractivity contribution in [2.45, 2.75) is 6.42 Å². The minimum Gasteiger partial charge on any atom is -0.328 e. The summed E-state index contributed by atoms with van der Waals surface area (Å²) in [4.78, 5) is 0. The quantitative estimate of drug-likeness (QED) is 0.424. The van der Waals surface area contributed by atoms with Gasteiger partial charge < -0.3 is 5.43 Å². The van der Waals surface area contributed by atoms with Crippen LogP contribution in [0.25, 0.3) is 0 Å². The highest BCUT2D eigenvalue weighted by Gasteiger charge is 1.83. The van der Waals surface area contributed by atoms with E-state index in [-0.39, 0.29) is 0 Å². The number of rotatable bonds is 0. The third kappa shape index (κ3) is 0.723. The Labute approximate surface area is 37.2 Å². The first-order chi connectivity index (χ1) is 3.00. The maximum atomic E-state index is 2.99. The van der Waals surface area contributed by atoms with Crippen LogP contribution >= 0.6 is 0 Å². The predicted octanol–water partition coefficient (Wildman–Crippen LogP) is -0.199. The monoisotopic (exact) mass is 83.1 g/mol. The highest BCUT2D eigenvalue weighted by molar-refractivity contribution is 4.73. The van der Waals surface area contributed by atoms with Gasteiger partial charge in [0.2, 0.25) is 0 Å². The lowest BCUT2D eigenvalue weighted by Crippen LogP contribution is -2.30. The van der Waals surface area contributed by atoms with Crippen molar-refractivity contribution >= 4 is 0 Å². The van der Waals surface area contributed by atoms with Crippen LogP contribution in [0, 0.1) is 6.08 Å². The van der Waals surface area contributed by atoms with E-state index in [4.69, 9.17) is 0 Å². The summed E-state index contributed by atoms with van der Waals surface area (Å²) in [5.41, 5.74) is 5.72. The molecule has 0 amide bonds. The zero-order valence-electron chi connectivity index (χ0n) is 3.49. The molecule has 2 heteroatoms. The normalized spacial score (nSPS) is 20.0. The average Bonchev–Trinajstić information content (AvgIpc) is 1.72. The van der Waals surface area contributed by atoms with E-state index in [2.05, 4.69) is 16.9 Å². The second kappa shape index (κ2) is 1.82. The SMILES string of the molecule is [C]1=CNNCC1. The molecule has 33 valence electrons. The van der Waals surface area contributed by atoms with Crippen LogP contribution < -0.4 is 10.9 Å². The van der Waals surface area contributed by atoms with Crippen molar-refractivity contribution in [1.82, 2.24) is 10.9 Å². The summed E-state index contributed by atoms with van der Waals surface area (Å²) in [5, 5.41) is 0. The van der Waals surface area contributed by atoms with Gasteiger partial charge in [-0.3, -0.25) is 0 Å². The molecule has 1 heterocycles. The van der Waals surface area contributed by atoms with Gasteiger partial charge in [-0.1, -0.05) is 0 Å². The standard InChI is InChI=1S/C4H7N2/c1-2-4-6-5-3-1/h4-6H,1,3H2. The molecule has 0 atom stereocenters. The fraction of sp³-hybridized carbons (Fsp3) is 0.500. The minimum atomic E-state index is 0.997. The Morgan fingerprint density at radius 1 is 1.67 bits per heavy atom. The van der Waals surface area contributed by atoms with E-state index in [1.165, 1.54) is 0 Å². The lowest BCUT2D eigenvalue weighted by molar-refractivity contribution is 0.597. The van der Waals surface area contributed by atoms with Crippen molar-refractivity contribution in [3.8, 4) is 0 Å². The number of hydrazine groups is 1. The molecule has 0 aliphatic carbocycles. The third-order valence-electron chi connectivity index (χ3n) is 0.671. The molecule has 0 bridgehead atoms. The Balaban J connectivity index is 2.26. The summed E-state index contributed by atoms with van der Waals surface area (Å²) in [6.07, 6.45) is 5.79. The van der Waals surface area contributed by atoms with Crippen LogP contribution in [-0.4, -0.2) is 6.54 Å². The molecular formula is C4H7N2. The van der Waals surface area contributed by atoms with Crippen molar-refractivity contribution < 1.29 is 0 Å². The number of hydrogen-bond acceptors (Lipinski definition) is 2. The summed E-state index contributed by atoms with van der Waals surface area (Å²) in [6.45, 7) is 0.997. The molecule has 0 saturated carbocycles. The molecule has 2 N–H and O–H groups in total. The summed E-state index contributed by atoms with van der Waals surface area (Å²) in [6, 6.07) is 0. The molecule has 0 unspecified atom stereocenters. The Morgan fingerprint density at radius 2 is 2.67 bits per heavy atom. The Kier molecular flexibility index (Phi) is 1.12. The third-order valence-corrected chi connectivity index (χ3v) is 0.671. The molecular weight excluding hydrogens is 76.1 g/mol. The van der Waals surface area contributed by atoms with Crippen molar-refractivity contribution in [2.75, 3.05) is 6.54 Å². The minimum absolute atomic E-state index is 0.997. The van der Waals surface area contributed by atoms with Crippen LogP contribution in [0.1, 0.15) is 6.42 Å². The van der Waals surface area contributed by atoms with E-state index >= 15 is 0 Å². The molecule has 2 nitrogen and oxygen atoms in total. The van der Waals surface area contributed by atoms with E-state index in [1.807, 2.05) is 0 Å². The van der Waals surface area contributed by atoms with Crippen LogP contribution in [0.15, 0.2) is 6.20 Å². The van der Waals surface area contributed by atoms with Crippen LogP contribution in [0.4, 0.5) is 0 Å². The molecule has 1 rings (SSSR count). The molecule has 0 fully saturated rings. The lowest BCUT2D eigenvalue weighted by atomic mass is 10.4. The van der Waals surface area contributed by atoms with Crippen LogP contribution in [0.5, 0.6) is 0 Å². The molecule has 0 aromatic rings. The van der Waals surface area contributed by atoms with Crippen molar-refractivity contribution in [2.24, 2.45) is 0 Å². The van der Waals surface area contributed by atoms with Crippen LogP contribution in [0.3, 0.4) is 0 Å². The molecule has 0 aromatic heterocycles. The fourth-order valence-corrected chi connectivity index (χ4v) is 0.381. The zero-order chi connectivity index (χ0) is 4.24. The van der Waals surface area contributed by atoms with Crippen LogP contribution in [-0.2, 0) is 0 Å². The van der Waals surface area contributed by atoms with Gasteiger partial charge in [0.05, 0.1) is 0 Å². The summed E-state index contributed by atoms with van der Waals surface area (Å²) in [5.74, 6) is 0. The lowest BCUT2D eigenvalue weighted by Gasteiger charge is -2.04. The molecule has 1 aliphatic heterocycles. The average molecular weight is 83.1 g/mol. The molecule has 1 radical (unpaired) electrons. The molecule has 0 spiro atoms. The van der Waals surface area contributed by atoms with E-state index in [0.29, 0.717) is 0 Å². The zero-order valence-corrected chi connectivity index (χ0v) is 3.49. The fourth-order valence-electron chi connectivity index (χ4n) is 0.381. The largest absolute Gasteiger partial charge is 0.328 e. The van der Waals surface area contributed by atoms with Gasteiger partial charge in [-0.2, -0.15) is 0 Å². The predicted molar refractivity (Wildman–Crippen MR) is 23.6 cm³/mol. The summed E-state index contributed by atoms with van der Waals surface area (Å²) < 4.78 is 0. The van der Waals surface area contributed by atoms with Gasteiger partial charge in [-0.25, -0.2) is 5.43 Å². The Hall–Kier alpha value is -0.500. The molecule has 1 aliphatic rings. The van der Waals surface area contributed by atoms with E-state index in [9.17, 15) is 0 Å². The Morgan fingerprint density at radius 3 is 2.83 bits per heavy atom. The van der Waals surface area contributed by atoms with Gasteiger partial charge in [0.25, 0.3) is 0 Å². The number of nitrogens with one attached hydrogen (secondary N) is 2. The van der Waals surface area contributed by atoms with Crippen LogP contribution in [0.2, 0.25) is 0 Å². The first-order valence-electron chi connectivity index (χ1n) is 2.03. The van der Waals surface area contributed by atoms with Gasteiger partial charge in [-0.15, -0.1) is 0 Å². The molecule has 6 heavy (non-hydrogen) atoms. The van der Waals surface area contributed by atoms with E-state index < -0.39 is 0 Å². The number of hydrogen-bond donors (Lipinski definition) is 2. The van der Waals surface area contributed by atoms with Crippen molar-refractivity contribution in [3.05, 3.63) is 12.3 Å². The topological polar surface area (TPSA) is 24.1 Å². The smallest absolute Gasteiger partial charge is 0.0189 e. The van der Waals surface area contributed by atoms with Crippen molar-refractivity contribution in [1.29, 1.82) is 0 Å². The molecule has 0 aromatic carbocycles. The second-order valence-corrected chi connectivity index (χ2v) is 1.17.